The van der Waals surface area contributed by atoms with Crippen molar-refractivity contribution in [2.45, 2.75) is 19.0 Å². The quantitative estimate of drug-likeness (QED) is 0.225. The summed E-state index contributed by atoms with van der Waals surface area (Å²) in [4.78, 5) is 30.1. The van der Waals surface area contributed by atoms with Crippen LogP contribution >= 0.6 is 23.8 Å². The number of pyridine rings is 1. The molecule has 11 heteroatoms. The number of carbonyl (C=O) groups excluding carboxylic acids is 1. The topological polar surface area (TPSA) is 117 Å². The molecule has 3 N–H and O–H groups in total. The summed E-state index contributed by atoms with van der Waals surface area (Å²) < 4.78 is 11.2. The Hall–Kier alpha value is -4.25. The van der Waals surface area contributed by atoms with E-state index < -0.39 is 12.0 Å². The zero-order chi connectivity index (χ0) is 28.4. The third kappa shape index (κ3) is 5.42. The zero-order valence-corrected chi connectivity index (χ0v) is 23.1. The van der Waals surface area contributed by atoms with Crippen LogP contribution in [-0.2, 0) is 9.53 Å². The van der Waals surface area contributed by atoms with Crippen molar-refractivity contribution in [2.24, 2.45) is 0 Å². The molecule has 1 amide bonds. The van der Waals surface area contributed by atoms with Gasteiger partial charge in [0, 0.05) is 30.2 Å². The van der Waals surface area contributed by atoms with Gasteiger partial charge in [-0.25, -0.2) is 4.79 Å². The van der Waals surface area contributed by atoms with E-state index in [0.29, 0.717) is 32.9 Å². The number of methoxy groups -OCH3 is 1. The Bertz CT molecular complexity index is 1590. The minimum absolute atomic E-state index is 0.0463. The first kappa shape index (κ1) is 27.3. The Kier molecular flexibility index (Phi) is 7.83. The second-order valence-corrected chi connectivity index (χ2v) is 9.97. The van der Waals surface area contributed by atoms with Gasteiger partial charge in [0.25, 0.3) is 0 Å². The van der Waals surface area contributed by atoms with E-state index in [0.717, 1.165) is 16.9 Å². The molecular formula is C29H25ClN4O5S. The molecule has 3 heterocycles. The number of furan rings is 1. The maximum absolute atomic E-state index is 12.1. The Morgan fingerprint density at radius 2 is 2.00 bits per heavy atom. The van der Waals surface area contributed by atoms with Crippen LogP contribution in [0.3, 0.4) is 0 Å². The molecule has 2 unspecified atom stereocenters. The highest BCUT2D eigenvalue weighted by atomic mass is 35.5. The first-order valence-corrected chi connectivity index (χ1v) is 13.1. The van der Waals surface area contributed by atoms with Crippen molar-refractivity contribution >= 4 is 52.2 Å². The molecule has 5 rings (SSSR count). The number of rotatable bonds is 8. The predicted octanol–water partition coefficient (Wildman–Crippen LogP) is 5.76. The lowest BCUT2D eigenvalue weighted by Gasteiger charge is -2.27. The van der Waals surface area contributed by atoms with Gasteiger partial charge in [-0.2, -0.15) is 0 Å². The van der Waals surface area contributed by atoms with Gasteiger partial charge in [-0.15, -0.1) is 0 Å². The first-order valence-electron chi connectivity index (χ1n) is 12.3. The van der Waals surface area contributed by atoms with Crippen LogP contribution in [0.2, 0.25) is 5.02 Å². The van der Waals surface area contributed by atoms with Crippen molar-refractivity contribution in [3.05, 3.63) is 101 Å². The van der Waals surface area contributed by atoms with Gasteiger partial charge in [-0.05, 0) is 85.4 Å². The minimum atomic E-state index is -1.06. The molecule has 1 aliphatic rings. The fraction of sp³-hybridized carbons (Fsp3) is 0.172. The summed E-state index contributed by atoms with van der Waals surface area (Å²) in [6, 6.07) is 18.5. The highest BCUT2D eigenvalue weighted by Gasteiger charge is 2.42. The lowest BCUT2D eigenvalue weighted by Crippen LogP contribution is -2.29. The van der Waals surface area contributed by atoms with E-state index in [4.69, 9.17) is 33.0 Å². The molecular weight excluding hydrogens is 552 g/mol. The number of carboxylic acid groups (broad SMARTS) is 1. The number of aromatic carboxylic acids is 1. The SMILES string of the molecule is COCC(=O)Nc1ccc(N2C(=S)NC(c3ccccn3)C2c2ccc(-c3cc(C(=O)O)ccc3Cl)o2)cc1C. The Morgan fingerprint density at radius 3 is 2.70 bits per heavy atom. The number of benzene rings is 2. The van der Waals surface area contributed by atoms with Gasteiger partial charge < -0.3 is 29.8 Å². The molecule has 40 heavy (non-hydrogen) atoms. The van der Waals surface area contributed by atoms with Gasteiger partial charge in [0.05, 0.1) is 22.3 Å². The van der Waals surface area contributed by atoms with Crippen molar-refractivity contribution in [3.8, 4) is 11.3 Å². The van der Waals surface area contributed by atoms with E-state index in [1.165, 1.54) is 25.3 Å². The van der Waals surface area contributed by atoms with Crippen molar-refractivity contribution in [1.82, 2.24) is 10.3 Å². The molecule has 1 aliphatic heterocycles. The van der Waals surface area contributed by atoms with Crippen LogP contribution in [-0.4, -0.2) is 40.8 Å². The maximum atomic E-state index is 12.1. The van der Waals surface area contributed by atoms with Crippen molar-refractivity contribution < 1.29 is 23.8 Å². The largest absolute Gasteiger partial charge is 0.478 e. The number of hydrogen-bond acceptors (Lipinski definition) is 6. The molecule has 1 saturated heterocycles. The molecule has 2 aromatic carbocycles. The maximum Gasteiger partial charge on any atom is 0.335 e. The number of aryl methyl sites for hydroxylation is 1. The zero-order valence-electron chi connectivity index (χ0n) is 21.6. The number of nitrogens with one attached hydrogen (secondary N) is 2. The number of aromatic nitrogens is 1. The molecule has 9 nitrogen and oxygen atoms in total. The van der Waals surface area contributed by atoms with Crippen molar-refractivity contribution in [1.29, 1.82) is 0 Å². The Balaban J connectivity index is 1.56. The number of carbonyl (C=O) groups is 2. The molecule has 0 radical (unpaired) electrons. The van der Waals surface area contributed by atoms with E-state index in [2.05, 4.69) is 15.6 Å². The van der Waals surface area contributed by atoms with Crippen LogP contribution in [0.15, 0.2) is 77.3 Å². The average molecular weight is 577 g/mol. The standard InChI is InChI=1S/C29H25ClN4O5S/c1-16-13-18(7-9-21(16)32-25(35)15-38-2)34-27(26(33-29(34)40)22-5-3-4-12-31-22)24-11-10-23(39-24)19-14-17(28(36)37)6-8-20(19)30/h3-14,26-27H,15H2,1-2H3,(H,32,35)(H,33,40)(H,36,37). The van der Waals surface area contributed by atoms with Crippen LogP contribution in [0.4, 0.5) is 11.4 Å². The third-order valence-electron chi connectivity index (χ3n) is 6.53. The first-order chi connectivity index (χ1) is 19.3. The van der Waals surface area contributed by atoms with Crippen molar-refractivity contribution in [3.63, 3.8) is 0 Å². The van der Waals surface area contributed by atoms with E-state index in [1.807, 2.05) is 54.3 Å². The third-order valence-corrected chi connectivity index (χ3v) is 7.18. The lowest BCUT2D eigenvalue weighted by molar-refractivity contribution is -0.119. The second-order valence-electron chi connectivity index (χ2n) is 9.18. The summed E-state index contributed by atoms with van der Waals surface area (Å²) in [7, 11) is 1.46. The number of ether oxygens (including phenoxy) is 1. The molecule has 204 valence electrons. The molecule has 1 fully saturated rings. The molecule has 0 bridgehead atoms. The summed E-state index contributed by atoms with van der Waals surface area (Å²) >= 11 is 12.2. The summed E-state index contributed by atoms with van der Waals surface area (Å²) in [5.41, 5.74) is 3.61. The van der Waals surface area contributed by atoms with E-state index in [-0.39, 0.29) is 24.1 Å². The molecule has 0 spiro atoms. The lowest BCUT2D eigenvalue weighted by atomic mass is 10.0. The van der Waals surface area contributed by atoms with E-state index in [1.54, 1.807) is 12.3 Å². The van der Waals surface area contributed by atoms with E-state index >= 15 is 0 Å². The van der Waals surface area contributed by atoms with Gasteiger partial charge in [-0.3, -0.25) is 9.78 Å². The van der Waals surface area contributed by atoms with Gasteiger partial charge >= 0.3 is 5.97 Å². The highest BCUT2D eigenvalue weighted by molar-refractivity contribution is 7.80. The molecule has 0 saturated carbocycles. The van der Waals surface area contributed by atoms with Gasteiger partial charge in [0.15, 0.2) is 5.11 Å². The number of thiocarbonyl (C=S) groups is 1. The van der Waals surface area contributed by atoms with Gasteiger partial charge in [0.2, 0.25) is 5.91 Å². The number of halogens is 1. The number of carboxylic acids is 1. The number of amides is 1. The average Bonchev–Trinajstić information content (AvgIpc) is 3.55. The van der Waals surface area contributed by atoms with Crippen LogP contribution < -0.4 is 15.5 Å². The summed E-state index contributed by atoms with van der Waals surface area (Å²) in [6.45, 7) is 1.85. The summed E-state index contributed by atoms with van der Waals surface area (Å²) in [5.74, 6) is -0.315. The molecule has 2 atom stereocenters. The monoisotopic (exact) mass is 576 g/mol. The van der Waals surface area contributed by atoms with Crippen LogP contribution in [0.5, 0.6) is 0 Å². The van der Waals surface area contributed by atoms with E-state index in [9.17, 15) is 14.7 Å². The minimum Gasteiger partial charge on any atom is -0.478 e. The normalized spacial score (nSPS) is 16.6. The predicted molar refractivity (Wildman–Crippen MR) is 156 cm³/mol. The molecule has 4 aromatic rings. The molecule has 0 aliphatic carbocycles. The van der Waals surface area contributed by atoms with Gasteiger partial charge in [0.1, 0.15) is 24.2 Å². The second kappa shape index (κ2) is 11.5. The molecule has 2 aromatic heterocycles. The van der Waals surface area contributed by atoms with Crippen LogP contribution in [0.25, 0.3) is 11.3 Å². The number of hydrogen-bond donors (Lipinski definition) is 3. The fourth-order valence-corrected chi connectivity index (χ4v) is 5.24. The summed E-state index contributed by atoms with van der Waals surface area (Å²) in [5, 5.41) is 16.5. The smallest absolute Gasteiger partial charge is 0.335 e. The van der Waals surface area contributed by atoms with Crippen molar-refractivity contribution in [2.75, 3.05) is 23.9 Å². The Morgan fingerprint density at radius 1 is 1.18 bits per heavy atom. The fourth-order valence-electron chi connectivity index (χ4n) is 4.68. The highest BCUT2D eigenvalue weighted by Crippen LogP contribution is 2.44. The number of nitrogens with zero attached hydrogens (tertiary/aromatic N) is 2. The van der Waals surface area contributed by atoms with Crippen LogP contribution in [0, 0.1) is 6.92 Å². The van der Waals surface area contributed by atoms with Gasteiger partial charge in [-0.1, -0.05) is 17.7 Å². The number of anilines is 2. The Labute approximate surface area is 240 Å². The summed E-state index contributed by atoms with van der Waals surface area (Å²) in [6.07, 6.45) is 1.71. The van der Waals surface area contributed by atoms with Crippen LogP contribution in [0.1, 0.15) is 39.5 Å².